The number of hydrogen-bond donors (Lipinski definition) is 2. The molecule has 3 N–H and O–H groups in total. The van der Waals surface area contributed by atoms with Gasteiger partial charge in [-0.05, 0) is 55.3 Å². The van der Waals surface area contributed by atoms with E-state index in [-0.39, 0.29) is 22.2 Å². The van der Waals surface area contributed by atoms with Gasteiger partial charge in [-0.1, -0.05) is 12.1 Å². The molecule has 2 aromatic carbocycles. The summed E-state index contributed by atoms with van der Waals surface area (Å²) >= 11 is 0. The third-order valence-electron chi connectivity index (χ3n) is 3.12. The molecule has 0 aliphatic rings. The Balaban J connectivity index is 2.45. The highest BCUT2D eigenvalue weighted by molar-refractivity contribution is 7.91. The smallest absolute Gasteiger partial charge is 0.238 e. The zero-order chi connectivity index (χ0) is 16.3. The predicted octanol–water partition coefficient (Wildman–Crippen LogP) is 2.03. The average molecular weight is 318 g/mol. The Morgan fingerprint density at radius 1 is 1.05 bits per heavy atom. The van der Waals surface area contributed by atoms with E-state index < -0.39 is 9.84 Å². The lowest BCUT2D eigenvalue weighted by Crippen LogP contribution is -2.21. The van der Waals surface area contributed by atoms with Gasteiger partial charge in [0, 0.05) is 5.69 Å². The molecule has 116 valence electrons. The average Bonchev–Trinajstić information content (AvgIpc) is 2.46. The molecule has 0 aromatic heterocycles. The maximum absolute atomic E-state index is 12.7. The van der Waals surface area contributed by atoms with Crippen molar-refractivity contribution in [2.24, 2.45) is 5.73 Å². The van der Waals surface area contributed by atoms with E-state index in [4.69, 9.17) is 5.73 Å². The first kappa shape index (κ1) is 16.2. The molecular formula is C16H18N2O3S. The second-order valence-corrected chi connectivity index (χ2v) is 7.06. The summed E-state index contributed by atoms with van der Waals surface area (Å²) in [5, 5.41) is 2.55. The fraction of sp³-hybridized carbons (Fsp3) is 0.188. The molecule has 2 aromatic rings. The second-order valence-electron chi connectivity index (χ2n) is 5.11. The van der Waals surface area contributed by atoms with Crippen LogP contribution in [-0.2, 0) is 14.6 Å². The summed E-state index contributed by atoms with van der Waals surface area (Å²) in [7, 11) is -3.63. The highest BCUT2D eigenvalue weighted by Gasteiger charge is 2.18. The molecule has 6 heteroatoms. The molecule has 0 bridgehead atoms. The molecule has 0 aliphatic heterocycles. The van der Waals surface area contributed by atoms with E-state index in [1.54, 1.807) is 24.3 Å². The summed E-state index contributed by atoms with van der Waals surface area (Å²) in [6.07, 6.45) is 0. The first-order valence-electron chi connectivity index (χ1n) is 6.76. The van der Waals surface area contributed by atoms with Gasteiger partial charge in [0.15, 0.2) is 0 Å². The predicted molar refractivity (Wildman–Crippen MR) is 85.5 cm³/mol. The summed E-state index contributed by atoms with van der Waals surface area (Å²) in [4.78, 5) is 11.7. The SMILES string of the molecule is Cc1cc(C)cc(S(=O)(=O)c2cccc(NC(=O)CN)c2)c1. The minimum Gasteiger partial charge on any atom is -0.325 e. The molecule has 1 amide bonds. The second kappa shape index (κ2) is 6.29. The van der Waals surface area contributed by atoms with Gasteiger partial charge >= 0.3 is 0 Å². The number of benzene rings is 2. The van der Waals surface area contributed by atoms with Gasteiger partial charge in [-0.25, -0.2) is 8.42 Å². The Morgan fingerprint density at radius 2 is 1.68 bits per heavy atom. The van der Waals surface area contributed by atoms with Crippen LogP contribution in [0.4, 0.5) is 5.69 Å². The van der Waals surface area contributed by atoms with Gasteiger partial charge in [-0.15, -0.1) is 0 Å². The van der Waals surface area contributed by atoms with Crippen molar-refractivity contribution < 1.29 is 13.2 Å². The van der Waals surface area contributed by atoms with Crippen LogP contribution in [0.2, 0.25) is 0 Å². The molecule has 0 atom stereocenters. The standard InChI is InChI=1S/C16H18N2O3S/c1-11-6-12(2)8-15(7-11)22(20,21)14-5-3-4-13(9-14)18-16(19)10-17/h3-9H,10,17H2,1-2H3,(H,18,19). The van der Waals surface area contributed by atoms with Crippen molar-refractivity contribution in [1.29, 1.82) is 0 Å². The van der Waals surface area contributed by atoms with Crippen LogP contribution in [0.15, 0.2) is 52.3 Å². The Kier molecular flexibility index (Phi) is 4.63. The molecule has 2 rings (SSSR count). The minimum atomic E-state index is -3.63. The Morgan fingerprint density at radius 3 is 2.27 bits per heavy atom. The zero-order valence-corrected chi connectivity index (χ0v) is 13.3. The lowest BCUT2D eigenvalue weighted by atomic mass is 10.2. The van der Waals surface area contributed by atoms with Crippen LogP contribution >= 0.6 is 0 Å². The van der Waals surface area contributed by atoms with Crippen LogP contribution in [0, 0.1) is 13.8 Å². The fourth-order valence-corrected chi connectivity index (χ4v) is 3.67. The summed E-state index contributed by atoms with van der Waals surface area (Å²) < 4.78 is 25.4. The van der Waals surface area contributed by atoms with Crippen LogP contribution in [-0.4, -0.2) is 20.9 Å². The zero-order valence-electron chi connectivity index (χ0n) is 12.5. The van der Waals surface area contributed by atoms with Gasteiger partial charge in [-0.2, -0.15) is 0 Å². The third kappa shape index (κ3) is 3.52. The van der Waals surface area contributed by atoms with Gasteiger partial charge in [0.05, 0.1) is 16.3 Å². The topological polar surface area (TPSA) is 89.3 Å². The van der Waals surface area contributed by atoms with E-state index in [2.05, 4.69) is 5.32 Å². The number of aryl methyl sites for hydroxylation is 2. The van der Waals surface area contributed by atoms with Crippen molar-refractivity contribution in [3.63, 3.8) is 0 Å². The fourth-order valence-electron chi connectivity index (χ4n) is 2.18. The number of amides is 1. The molecule has 0 spiro atoms. The van der Waals surface area contributed by atoms with E-state index >= 15 is 0 Å². The normalized spacial score (nSPS) is 11.2. The van der Waals surface area contributed by atoms with Gasteiger partial charge in [0.2, 0.25) is 15.7 Å². The molecule has 0 radical (unpaired) electrons. The summed E-state index contributed by atoms with van der Waals surface area (Å²) in [5.41, 5.74) is 7.40. The lowest BCUT2D eigenvalue weighted by Gasteiger charge is -2.09. The summed E-state index contributed by atoms with van der Waals surface area (Å²) in [6, 6.07) is 11.3. The molecule has 0 aliphatic carbocycles. The Bertz CT molecular complexity index is 794. The number of hydrogen-bond acceptors (Lipinski definition) is 4. The van der Waals surface area contributed by atoms with E-state index in [9.17, 15) is 13.2 Å². The Hall–Kier alpha value is -2.18. The number of rotatable bonds is 4. The number of carbonyl (C=O) groups excluding carboxylic acids is 1. The monoisotopic (exact) mass is 318 g/mol. The van der Waals surface area contributed by atoms with Crippen molar-refractivity contribution >= 4 is 21.4 Å². The molecular weight excluding hydrogens is 300 g/mol. The van der Waals surface area contributed by atoms with E-state index in [1.165, 1.54) is 12.1 Å². The van der Waals surface area contributed by atoms with Crippen molar-refractivity contribution in [3.8, 4) is 0 Å². The van der Waals surface area contributed by atoms with Crippen LogP contribution in [0.1, 0.15) is 11.1 Å². The van der Waals surface area contributed by atoms with E-state index in [0.29, 0.717) is 5.69 Å². The van der Waals surface area contributed by atoms with Gasteiger partial charge in [0.1, 0.15) is 0 Å². The third-order valence-corrected chi connectivity index (χ3v) is 4.85. The maximum Gasteiger partial charge on any atom is 0.238 e. The molecule has 0 fully saturated rings. The number of sulfone groups is 1. The van der Waals surface area contributed by atoms with Gasteiger partial charge < -0.3 is 11.1 Å². The molecule has 0 heterocycles. The molecule has 22 heavy (non-hydrogen) atoms. The molecule has 5 nitrogen and oxygen atoms in total. The van der Waals surface area contributed by atoms with Crippen LogP contribution in [0.5, 0.6) is 0 Å². The van der Waals surface area contributed by atoms with Crippen molar-refractivity contribution in [3.05, 3.63) is 53.6 Å². The van der Waals surface area contributed by atoms with E-state index in [1.807, 2.05) is 19.9 Å². The number of carbonyl (C=O) groups is 1. The lowest BCUT2D eigenvalue weighted by molar-refractivity contribution is -0.114. The van der Waals surface area contributed by atoms with Crippen LogP contribution in [0.3, 0.4) is 0 Å². The van der Waals surface area contributed by atoms with Crippen LogP contribution in [0.25, 0.3) is 0 Å². The first-order chi connectivity index (χ1) is 10.3. The van der Waals surface area contributed by atoms with Crippen molar-refractivity contribution in [2.45, 2.75) is 23.6 Å². The molecule has 0 unspecified atom stereocenters. The van der Waals surface area contributed by atoms with Crippen LogP contribution < -0.4 is 11.1 Å². The van der Waals surface area contributed by atoms with Crippen molar-refractivity contribution in [1.82, 2.24) is 0 Å². The number of nitrogens with two attached hydrogens (primary N) is 1. The molecule has 0 saturated heterocycles. The highest BCUT2D eigenvalue weighted by Crippen LogP contribution is 2.25. The Labute approximate surface area is 130 Å². The van der Waals surface area contributed by atoms with Gasteiger partial charge in [0.25, 0.3) is 0 Å². The minimum absolute atomic E-state index is 0.132. The van der Waals surface area contributed by atoms with Crippen molar-refractivity contribution in [2.75, 3.05) is 11.9 Å². The maximum atomic E-state index is 12.7. The largest absolute Gasteiger partial charge is 0.325 e. The number of nitrogens with one attached hydrogen (secondary N) is 1. The number of anilines is 1. The molecule has 0 saturated carbocycles. The highest BCUT2D eigenvalue weighted by atomic mass is 32.2. The quantitative estimate of drug-likeness (QED) is 0.902. The first-order valence-corrected chi connectivity index (χ1v) is 8.24. The summed E-state index contributed by atoms with van der Waals surface area (Å²) in [5.74, 6) is -0.374. The van der Waals surface area contributed by atoms with Gasteiger partial charge in [-0.3, -0.25) is 4.79 Å². The van der Waals surface area contributed by atoms with E-state index in [0.717, 1.165) is 11.1 Å². The summed E-state index contributed by atoms with van der Waals surface area (Å²) in [6.45, 7) is 3.54.